The summed E-state index contributed by atoms with van der Waals surface area (Å²) in [5.74, 6) is 0. The summed E-state index contributed by atoms with van der Waals surface area (Å²) in [6, 6.07) is 4.77. The van der Waals surface area contributed by atoms with Gasteiger partial charge in [-0.15, -0.1) is 17.9 Å². The van der Waals surface area contributed by atoms with E-state index in [1.54, 1.807) is 11.3 Å². The van der Waals surface area contributed by atoms with Crippen molar-refractivity contribution in [1.29, 1.82) is 0 Å². The van der Waals surface area contributed by atoms with Crippen LogP contribution in [0.4, 0.5) is 0 Å². The SMILES string of the molecule is C=CCC(C)NCc1cccs1. The lowest BCUT2D eigenvalue weighted by Crippen LogP contribution is -2.24. The predicted octanol–water partition coefficient (Wildman–Crippen LogP) is 2.80. The zero-order valence-corrected chi connectivity index (χ0v) is 8.23. The van der Waals surface area contributed by atoms with Gasteiger partial charge in [-0.1, -0.05) is 12.1 Å². The van der Waals surface area contributed by atoms with Crippen LogP contribution in [-0.2, 0) is 6.54 Å². The molecule has 1 aromatic heterocycles. The number of nitrogens with one attached hydrogen (secondary N) is 1. The molecule has 0 spiro atoms. The van der Waals surface area contributed by atoms with Gasteiger partial charge in [0.25, 0.3) is 0 Å². The quantitative estimate of drug-likeness (QED) is 0.689. The summed E-state index contributed by atoms with van der Waals surface area (Å²) >= 11 is 1.79. The molecule has 0 radical (unpaired) electrons. The van der Waals surface area contributed by atoms with E-state index in [0.717, 1.165) is 13.0 Å². The minimum Gasteiger partial charge on any atom is -0.309 e. The maximum Gasteiger partial charge on any atom is 0.0302 e. The number of rotatable bonds is 5. The van der Waals surface area contributed by atoms with Crippen LogP contribution in [0.25, 0.3) is 0 Å². The molecule has 0 fully saturated rings. The topological polar surface area (TPSA) is 12.0 Å². The van der Waals surface area contributed by atoms with E-state index >= 15 is 0 Å². The summed E-state index contributed by atoms with van der Waals surface area (Å²) in [6.07, 6.45) is 2.98. The van der Waals surface area contributed by atoms with E-state index in [0.29, 0.717) is 6.04 Å². The van der Waals surface area contributed by atoms with E-state index in [9.17, 15) is 0 Å². The van der Waals surface area contributed by atoms with Gasteiger partial charge in [0.15, 0.2) is 0 Å². The molecule has 0 aliphatic carbocycles. The van der Waals surface area contributed by atoms with Gasteiger partial charge in [-0.25, -0.2) is 0 Å². The van der Waals surface area contributed by atoms with Crippen molar-refractivity contribution in [2.45, 2.75) is 25.9 Å². The van der Waals surface area contributed by atoms with Crippen LogP contribution in [-0.4, -0.2) is 6.04 Å². The third-order valence-corrected chi connectivity index (χ3v) is 2.60. The van der Waals surface area contributed by atoms with Crippen LogP contribution < -0.4 is 5.32 Å². The molecule has 1 rings (SSSR count). The fraction of sp³-hybridized carbons (Fsp3) is 0.400. The first-order valence-electron chi connectivity index (χ1n) is 4.19. The second kappa shape index (κ2) is 5.12. The molecular weight excluding hydrogens is 166 g/mol. The Morgan fingerprint density at radius 3 is 3.17 bits per heavy atom. The molecule has 0 bridgehead atoms. The molecule has 0 aliphatic heterocycles. The number of hydrogen-bond donors (Lipinski definition) is 1. The monoisotopic (exact) mass is 181 g/mol. The normalized spacial score (nSPS) is 12.8. The summed E-state index contributed by atoms with van der Waals surface area (Å²) in [6.45, 7) is 6.86. The number of hydrogen-bond acceptors (Lipinski definition) is 2. The fourth-order valence-electron chi connectivity index (χ4n) is 1.02. The van der Waals surface area contributed by atoms with Crippen LogP contribution >= 0.6 is 11.3 Å². The minimum absolute atomic E-state index is 0.532. The largest absolute Gasteiger partial charge is 0.309 e. The lowest BCUT2D eigenvalue weighted by molar-refractivity contribution is 0.557. The van der Waals surface area contributed by atoms with E-state index in [1.807, 2.05) is 6.08 Å². The summed E-state index contributed by atoms with van der Waals surface area (Å²) in [7, 11) is 0. The molecule has 0 aliphatic rings. The molecule has 0 aromatic carbocycles. The molecule has 1 heterocycles. The molecule has 12 heavy (non-hydrogen) atoms. The highest BCUT2D eigenvalue weighted by Crippen LogP contribution is 2.08. The Kier molecular flexibility index (Phi) is 4.05. The van der Waals surface area contributed by atoms with Crippen LogP contribution in [0.2, 0.25) is 0 Å². The average Bonchev–Trinajstić information content (AvgIpc) is 2.53. The first kappa shape index (κ1) is 9.49. The Morgan fingerprint density at radius 1 is 1.75 bits per heavy atom. The van der Waals surface area contributed by atoms with Gasteiger partial charge >= 0.3 is 0 Å². The van der Waals surface area contributed by atoms with Crippen molar-refractivity contribution in [1.82, 2.24) is 5.32 Å². The first-order chi connectivity index (χ1) is 5.83. The van der Waals surface area contributed by atoms with E-state index < -0.39 is 0 Å². The summed E-state index contributed by atoms with van der Waals surface area (Å²) in [5, 5.41) is 5.53. The van der Waals surface area contributed by atoms with Gasteiger partial charge in [-0.3, -0.25) is 0 Å². The van der Waals surface area contributed by atoms with Gasteiger partial charge < -0.3 is 5.32 Å². The molecule has 1 aromatic rings. The maximum absolute atomic E-state index is 3.71. The summed E-state index contributed by atoms with van der Waals surface area (Å²) in [4.78, 5) is 1.39. The Balaban J connectivity index is 2.21. The third-order valence-electron chi connectivity index (χ3n) is 1.73. The molecule has 2 heteroatoms. The predicted molar refractivity (Wildman–Crippen MR) is 55.4 cm³/mol. The van der Waals surface area contributed by atoms with Crippen LogP contribution in [0.15, 0.2) is 30.2 Å². The molecule has 0 saturated carbocycles. The zero-order valence-electron chi connectivity index (χ0n) is 7.42. The Bertz CT molecular complexity index is 216. The van der Waals surface area contributed by atoms with Crippen molar-refractivity contribution in [3.8, 4) is 0 Å². The Hall–Kier alpha value is -0.600. The van der Waals surface area contributed by atoms with Gasteiger partial charge in [0, 0.05) is 17.5 Å². The van der Waals surface area contributed by atoms with Crippen molar-refractivity contribution in [2.75, 3.05) is 0 Å². The molecule has 1 unspecified atom stereocenters. The molecule has 0 amide bonds. The van der Waals surface area contributed by atoms with Crippen LogP contribution in [0.5, 0.6) is 0 Å². The highest BCUT2D eigenvalue weighted by molar-refractivity contribution is 7.09. The van der Waals surface area contributed by atoms with Crippen LogP contribution in [0.3, 0.4) is 0 Å². The van der Waals surface area contributed by atoms with Gasteiger partial charge in [-0.2, -0.15) is 0 Å². The van der Waals surface area contributed by atoms with Crippen molar-refractivity contribution < 1.29 is 0 Å². The first-order valence-corrected chi connectivity index (χ1v) is 5.07. The van der Waals surface area contributed by atoms with Gasteiger partial charge in [0.05, 0.1) is 0 Å². The molecule has 1 nitrogen and oxygen atoms in total. The molecule has 1 atom stereocenters. The third kappa shape index (κ3) is 3.20. The maximum atomic E-state index is 3.71. The van der Waals surface area contributed by atoms with Crippen molar-refractivity contribution >= 4 is 11.3 Å². The zero-order chi connectivity index (χ0) is 8.81. The van der Waals surface area contributed by atoms with Gasteiger partial charge in [0.2, 0.25) is 0 Å². The van der Waals surface area contributed by atoms with E-state index in [1.165, 1.54) is 4.88 Å². The molecule has 0 saturated heterocycles. The van der Waals surface area contributed by atoms with E-state index in [-0.39, 0.29) is 0 Å². The lowest BCUT2D eigenvalue weighted by atomic mass is 10.2. The second-order valence-electron chi connectivity index (χ2n) is 2.89. The summed E-state index contributed by atoms with van der Waals surface area (Å²) < 4.78 is 0. The Labute approximate surface area is 78.1 Å². The van der Waals surface area contributed by atoms with Crippen molar-refractivity contribution in [3.63, 3.8) is 0 Å². The van der Waals surface area contributed by atoms with E-state index in [4.69, 9.17) is 0 Å². The van der Waals surface area contributed by atoms with Crippen LogP contribution in [0, 0.1) is 0 Å². The average molecular weight is 181 g/mol. The number of thiophene rings is 1. The highest BCUT2D eigenvalue weighted by Gasteiger charge is 1.98. The lowest BCUT2D eigenvalue weighted by Gasteiger charge is -2.09. The molecular formula is C10H15NS. The van der Waals surface area contributed by atoms with E-state index in [2.05, 4.69) is 36.3 Å². The Morgan fingerprint density at radius 2 is 2.58 bits per heavy atom. The van der Waals surface area contributed by atoms with Crippen molar-refractivity contribution in [3.05, 3.63) is 35.0 Å². The second-order valence-corrected chi connectivity index (χ2v) is 3.92. The van der Waals surface area contributed by atoms with Crippen molar-refractivity contribution in [2.24, 2.45) is 0 Å². The minimum atomic E-state index is 0.532. The van der Waals surface area contributed by atoms with Gasteiger partial charge in [0.1, 0.15) is 0 Å². The molecule has 1 N–H and O–H groups in total. The highest BCUT2D eigenvalue weighted by atomic mass is 32.1. The summed E-state index contributed by atoms with van der Waals surface area (Å²) in [5.41, 5.74) is 0. The smallest absolute Gasteiger partial charge is 0.0302 e. The van der Waals surface area contributed by atoms with Gasteiger partial charge in [-0.05, 0) is 24.8 Å². The molecule has 66 valence electrons. The van der Waals surface area contributed by atoms with Crippen LogP contribution in [0.1, 0.15) is 18.2 Å². The fourth-order valence-corrected chi connectivity index (χ4v) is 1.68. The standard InChI is InChI=1S/C10H15NS/c1-3-5-9(2)11-8-10-6-4-7-12-10/h3-4,6-7,9,11H,1,5,8H2,2H3.